The lowest BCUT2D eigenvalue weighted by Gasteiger charge is -2.30. The van der Waals surface area contributed by atoms with E-state index in [1.165, 1.54) is 30.3 Å². The van der Waals surface area contributed by atoms with Gasteiger partial charge in [-0.2, -0.15) is 0 Å². The predicted octanol–water partition coefficient (Wildman–Crippen LogP) is 3.35. The molecule has 1 aliphatic heterocycles. The summed E-state index contributed by atoms with van der Waals surface area (Å²) in [5.41, 5.74) is 1.93. The summed E-state index contributed by atoms with van der Waals surface area (Å²) in [7, 11) is -3.58. The molecule has 144 valence electrons. The van der Waals surface area contributed by atoms with Gasteiger partial charge in [-0.05, 0) is 66.8 Å². The molecule has 5 nitrogen and oxygen atoms in total. The number of fused-ring (bicyclic) bond motifs is 1. The Kier molecular flexibility index (Phi) is 5.62. The monoisotopic (exact) mass is 390 g/mol. The molecule has 0 saturated heterocycles. The van der Waals surface area contributed by atoms with Crippen molar-refractivity contribution in [1.29, 1.82) is 0 Å². The molecule has 0 aromatic heterocycles. The number of carbonyl (C=O) groups is 1. The van der Waals surface area contributed by atoms with Gasteiger partial charge in [0, 0.05) is 24.3 Å². The molecule has 3 rings (SSSR count). The summed E-state index contributed by atoms with van der Waals surface area (Å²) in [6, 6.07) is 10.3. The Balaban J connectivity index is 1.88. The fourth-order valence-electron chi connectivity index (χ4n) is 3.06. The second-order valence-electron chi connectivity index (χ2n) is 7.10. The average Bonchev–Trinajstić information content (AvgIpc) is 2.65. The van der Waals surface area contributed by atoms with Crippen molar-refractivity contribution in [3.63, 3.8) is 0 Å². The van der Waals surface area contributed by atoms with Gasteiger partial charge in [0.25, 0.3) is 5.91 Å². The zero-order valence-electron chi connectivity index (χ0n) is 15.4. The Bertz CT molecular complexity index is 940. The molecule has 1 heterocycles. The highest BCUT2D eigenvalue weighted by atomic mass is 32.2. The number of amides is 1. The van der Waals surface area contributed by atoms with Crippen LogP contribution in [0.25, 0.3) is 0 Å². The van der Waals surface area contributed by atoms with E-state index in [1.807, 2.05) is 13.8 Å². The molecule has 0 atom stereocenters. The molecule has 1 amide bonds. The van der Waals surface area contributed by atoms with E-state index in [1.54, 1.807) is 17.0 Å². The second kappa shape index (κ2) is 7.78. The molecule has 0 unspecified atom stereocenters. The second-order valence-corrected chi connectivity index (χ2v) is 8.87. The number of rotatable bonds is 5. The van der Waals surface area contributed by atoms with Gasteiger partial charge in [-0.1, -0.05) is 13.8 Å². The van der Waals surface area contributed by atoms with Crippen LogP contribution in [0.15, 0.2) is 47.4 Å². The third-order valence-corrected chi connectivity index (χ3v) is 5.92. The van der Waals surface area contributed by atoms with Crippen molar-refractivity contribution in [2.75, 3.05) is 18.0 Å². The number of aryl methyl sites for hydroxylation is 1. The standard InChI is InChI=1S/C20H23FN2O3S/c1-14(2)13-22-27(25,26)18-9-10-19-16(12-18)4-3-11-23(19)20(24)15-5-7-17(21)8-6-15/h5-10,12,14,22H,3-4,11,13H2,1-2H3. The number of hydrogen-bond acceptors (Lipinski definition) is 3. The summed E-state index contributed by atoms with van der Waals surface area (Å²) in [5, 5.41) is 0. The van der Waals surface area contributed by atoms with Gasteiger partial charge >= 0.3 is 0 Å². The summed E-state index contributed by atoms with van der Waals surface area (Å²) < 4.78 is 40.6. The van der Waals surface area contributed by atoms with Gasteiger partial charge in [0.1, 0.15) is 5.82 Å². The number of halogens is 1. The maximum absolute atomic E-state index is 13.1. The number of hydrogen-bond donors (Lipinski definition) is 1. The van der Waals surface area contributed by atoms with Crippen LogP contribution < -0.4 is 9.62 Å². The zero-order valence-corrected chi connectivity index (χ0v) is 16.2. The van der Waals surface area contributed by atoms with Crippen molar-refractivity contribution in [2.45, 2.75) is 31.6 Å². The topological polar surface area (TPSA) is 66.5 Å². The largest absolute Gasteiger partial charge is 0.308 e. The molecule has 2 aromatic carbocycles. The van der Waals surface area contributed by atoms with Crippen LogP contribution in [0.4, 0.5) is 10.1 Å². The van der Waals surface area contributed by atoms with Gasteiger partial charge in [0.2, 0.25) is 10.0 Å². The lowest BCUT2D eigenvalue weighted by atomic mass is 10.0. The van der Waals surface area contributed by atoms with Crippen molar-refractivity contribution in [2.24, 2.45) is 5.92 Å². The fourth-order valence-corrected chi connectivity index (χ4v) is 4.32. The van der Waals surface area contributed by atoms with Gasteiger partial charge in [0.15, 0.2) is 0 Å². The molecule has 0 fully saturated rings. The molecular formula is C20H23FN2O3S. The summed E-state index contributed by atoms with van der Waals surface area (Å²) in [6.07, 6.45) is 1.44. The first kappa shape index (κ1) is 19.5. The number of benzene rings is 2. The number of sulfonamides is 1. The molecule has 0 aliphatic carbocycles. The van der Waals surface area contributed by atoms with Crippen LogP contribution in [0.1, 0.15) is 36.2 Å². The summed E-state index contributed by atoms with van der Waals surface area (Å²) in [4.78, 5) is 14.6. The summed E-state index contributed by atoms with van der Waals surface area (Å²) >= 11 is 0. The first-order valence-electron chi connectivity index (χ1n) is 8.98. The van der Waals surface area contributed by atoms with Crippen molar-refractivity contribution < 1.29 is 17.6 Å². The Hall–Kier alpha value is -2.25. The van der Waals surface area contributed by atoms with Crippen molar-refractivity contribution in [3.05, 3.63) is 59.4 Å². The molecule has 2 aromatic rings. The highest BCUT2D eigenvalue weighted by molar-refractivity contribution is 7.89. The Labute approximate surface area is 159 Å². The van der Waals surface area contributed by atoms with E-state index in [2.05, 4.69) is 4.72 Å². The van der Waals surface area contributed by atoms with Crippen LogP contribution in [0, 0.1) is 11.7 Å². The van der Waals surface area contributed by atoms with Crippen LogP contribution in [0.2, 0.25) is 0 Å². The van der Waals surface area contributed by atoms with Crippen LogP contribution in [-0.4, -0.2) is 27.4 Å². The van der Waals surface area contributed by atoms with E-state index in [9.17, 15) is 17.6 Å². The molecule has 0 bridgehead atoms. The maximum Gasteiger partial charge on any atom is 0.258 e. The van der Waals surface area contributed by atoms with E-state index in [0.717, 1.165) is 12.0 Å². The predicted molar refractivity (Wildman–Crippen MR) is 103 cm³/mol. The van der Waals surface area contributed by atoms with Crippen LogP contribution >= 0.6 is 0 Å². The molecule has 0 spiro atoms. The Morgan fingerprint density at radius 3 is 2.56 bits per heavy atom. The first-order chi connectivity index (χ1) is 12.8. The molecule has 0 saturated carbocycles. The lowest BCUT2D eigenvalue weighted by molar-refractivity contribution is 0.0985. The van der Waals surface area contributed by atoms with Gasteiger partial charge in [0.05, 0.1) is 4.90 Å². The Morgan fingerprint density at radius 1 is 1.19 bits per heavy atom. The molecule has 1 aliphatic rings. The van der Waals surface area contributed by atoms with Gasteiger partial charge in [-0.3, -0.25) is 4.79 Å². The van der Waals surface area contributed by atoms with Crippen molar-refractivity contribution in [1.82, 2.24) is 4.72 Å². The minimum atomic E-state index is -3.58. The normalized spacial score (nSPS) is 14.3. The minimum absolute atomic E-state index is 0.206. The molecule has 1 N–H and O–H groups in total. The number of nitrogens with zero attached hydrogens (tertiary/aromatic N) is 1. The van der Waals surface area contributed by atoms with Gasteiger partial charge < -0.3 is 4.90 Å². The van der Waals surface area contributed by atoms with Gasteiger partial charge in [-0.25, -0.2) is 17.5 Å². The zero-order chi connectivity index (χ0) is 19.6. The Morgan fingerprint density at radius 2 is 1.89 bits per heavy atom. The van der Waals surface area contributed by atoms with Crippen LogP contribution in [0.3, 0.4) is 0 Å². The first-order valence-corrected chi connectivity index (χ1v) is 10.5. The third kappa shape index (κ3) is 4.36. The quantitative estimate of drug-likeness (QED) is 0.851. The van der Waals surface area contributed by atoms with E-state index in [-0.39, 0.29) is 16.7 Å². The highest BCUT2D eigenvalue weighted by Gasteiger charge is 2.25. The molecule has 0 radical (unpaired) electrons. The SMILES string of the molecule is CC(C)CNS(=O)(=O)c1ccc2c(c1)CCCN2C(=O)c1ccc(F)cc1. The molecule has 7 heteroatoms. The van der Waals surface area contributed by atoms with Crippen molar-refractivity contribution in [3.8, 4) is 0 Å². The van der Waals surface area contributed by atoms with Crippen LogP contribution in [0.5, 0.6) is 0 Å². The van der Waals surface area contributed by atoms with E-state index >= 15 is 0 Å². The van der Waals surface area contributed by atoms with E-state index in [0.29, 0.717) is 30.8 Å². The highest BCUT2D eigenvalue weighted by Crippen LogP contribution is 2.30. The smallest absolute Gasteiger partial charge is 0.258 e. The lowest BCUT2D eigenvalue weighted by Crippen LogP contribution is -2.35. The van der Waals surface area contributed by atoms with Crippen molar-refractivity contribution >= 4 is 21.6 Å². The molecule has 27 heavy (non-hydrogen) atoms. The van der Waals surface area contributed by atoms with Crippen LogP contribution in [-0.2, 0) is 16.4 Å². The van der Waals surface area contributed by atoms with E-state index < -0.39 is 15.8 Å². The average molecular weight is 390 g/mol. The fraction of sp³-hybridized carbons (Fsp3) is 0.350. The summed E-state index contributed by atoms with van der Waals surface area (Å²) in [6.45, 7) is 4.79. The minimum Gasteiger partial charge on any atom is -0.308 e. The van der Waals surface area contributed by atoms with E-state index in [4.69, 9.17) is 0 Å². The third-order valence-electron chi connectivity index (χ3n) is 4.50. The number of anilines is 1. The molecular weight excluding hydrogens is 367 g/mol. The maximum atomic E-state index is 13.1. The summed E-state index contributed by atoms with van der Waals surface area (Å²) in [5.74, 6) is -0.403. The number of carbonyl (C=O) groups excluding carboxylic acids is 1. The van der Waals surface area contributed by atoms with Gasteiger partial charge in [-0.15, -0.1) is 0 Å². The number of nitrogens with one attached hydrogen (secondary N) is 1.